The first-order valence-corrected chi connectivity index (χ1v) is 10.5. The van der Waals surface area contributed by atoms with E-state index in [0.717, 1.165) is 36.4 Å². The van der Waals surface area contributed by atoms with Gasteiger partial charge in [0, 0.05) is 37.2 Å². The van der Waals surface area contributed by atoms with Crippen LogP contribution >= 0.6 is 51.2 Å². The number of rotatable bonds is 5. The number of hydrogen-bond donors (Lipinski definition) is 2. The molecule has 0 saturated carbocycles. The number of piperidine rings is 1. The van der Waals surface area contributed by atoms with Crippen LogP contribution < -0.4 is 15.5 Å². The van der Waals surface area contributed by atoms with Gasteiger partial charge in [-0.15, -0.1) is 35.3 Å². The van der Waals surface area contributed by atoms with Crippen molar-refractivity contribution in [2.24, 2.45) is 4.99 Å². The van der Waals surface area contributed by atoms with E-state index < -0.39 is 0 Å². The molecule has 4 nitrogen and oxygen atoms in total. The summed E-state index contributed by atoms with van der Waals surface area (Å²) in [6, 6.07) is 9.74. The van der Waals surface area contributed by atoms with Crippen molar-refractivity contribution in [3.63, 3.8) is 0 Å². The van der Waals surface area contributed by atoms with Crippen LogP contribution in [0.5, 0.6) is 0 Å². The number of anilines is 1. The molecule has 0 unspecified atom stereocenters. The minimum Gasteiger partial charge on any atom is -0.363 e. The Hall–Kier alpha value is -0.870. The molecule has 0 amide bonds. The first-order chi connectivity index (χ1) is 12.7. The minimum absolute atomic E-state index is 0. The largest absolute Gasteiger partial charge is 0.363 e. The Bertz CT molecular complexity index is 733. The van der Waals surface area contributed by atoms with Gasteiger partial charge in [0.25, 0.3) is 0 Å². The van der Waals surface area contributed by atoms with Crippen molar-refractivity contribution in [2.75, 3.05) is 31.6 Å². The fourth-order valence-electron chi connectivity index (χ4n) is 3.13. The van der Waals surface area contributed by atoms with Gasteiger partial charge in [0.05, 0.1) is 5.00 Å². The summed E-state index contributed by atoms with van der Waals surface area (Å²) in [7, 11) is 1.77. The van der Waals surface area contributed by atoms with Crippen LogP contribution in [0.4, 0.5) is 9.39 Å². The second-order valence-electron chi connectivity index (χ2n) is 6.34. The summed E-state index contributed by atoms with van der Waals surface area (Å²) in [6.45, 7) is 2.75. The van der Waals surface area contributed by atoms with E-state index in [0.29, 0.717) is 24.6 Å². The van der Waals surface area contributed by atoms with Crippen LogP contribution in [0.3, 0.4) is 0 Å². The Kier molecular flexibility index (Phi) is 9.31. The molecule has 0 spiro atoms. The van der Waals surface area contributed by atoms with Crippen LogP contribution in [0.1, 0.15) is 18.4 Å². The predicted molar refractivity (Wildman–Crippen MR) is 127 cm³/mol. The lowest BCUT2D eigenvalue weighted by Crippen LogP contribution is -2.49. The summed E-state index contributed by atoms with van der Waals surface area (Å²) in [5, 5.41) is 10.3. The third-order valence-electron chi connectivity index (χ3n) is 4.57. The number of aliphatic imine (C=N–C) groups is 1. The molecule has 148 valence electrons. The number of hydrogen-bond acceptors (Lipinski definition) is 3. The van der Waals surface area contributed by atoms with Gasteiger partial charge >= 0.3 is 0 Å². The van der Waals surface area contributed by atoms with Crippen LogP contribution in [0.15, 0.2) is 45.2 Å². The van der Waals surface area contributed by atoms with Crippen molar-refractivity contribution in [3.8, 4) is 0 Å². The molecule has 27 heavy (non-hydrogen) atoms. The standard InChI is InChI=1S/C19H24BrFN4S.HI/c1-22-19(23-9-6-14-13-15(20)4-5-17(14)21)24-16-7-10-25(11-8-16)18-3-2-12-26-18;/h2-5,12-13,16H,6-11H2,1H3,(H2,22,23,24);1H. The smallest absolute Gasteiger partial charge is 0.191 e. The SMILES string of the molecule is CN=C(NCCc1cc(Br)ccc1F)NC1CCN(c2cccs2)CC1.I. The van der Waals surface area contributed by atoms with E-state index in [-0.39, 0.29) is 29.8 Å². The lowest BCUT2D eigenvalue weighted by molar-refractivity contribution is 0.463. The van der Waals surface area contributed by atoms with E-state index in [1.807, 2.05) is 6.07 Å². The van der Waals surface area contributed by atoms with Gasteiger partial charge in [-0.3, -0.25) is 4.99 Å². The van der Waals surface area contributed by atoms with Gasteiger partial charge in [0.1, 0.15) is 5.82 Å². The second kappa shape index (κ2) is 11.2. The highest BCUT2D eigenvalue weighted by atomic mass is 127. The zero-order chi connectivity index (χ0) is 18.4. The normalized spacial score (nSPS) is 15.4. The van der Waals surface area contributed by atoms with Gasteiger partial charge in [-0.2, -0.15) is 0 Å². The van der Waals surface area contributed by atoms with Crippen molar-refractivity contribution in [1.29, 1.82) is 0 Å². The molecule has 2 heterocycles. The maximum atomic E-state index is 13.8. The third kappa shape index (κ3) is 6.60. The Morgan fingerprint density at radius 2 is 2.11 bits per heavy atom. The molecule has 2 aromatic rings. The highest BCUT2D eigenvalue weighted by Crippen LogP contribution is 2.24. The van der Waals surface area contributed by atoms with Gasteiger partial charge in [-0.05, 0) is 60.5 Å². The number of nitrogens with zero attached hydrogens (tertiary/aromatic N) is 2. The molecule has 3 rings (SSSR count). The molecule has 1 aliphatic heterocycles. The number of benzene rings is 1. The Labute approximate surface area is 189 Å². The van der Waals surface area contributed by atoms with Gasteiger partial charge in [0.15, 0.2) is 5.96 Å². The molecule has 0 atom stereocenters. The minimum atomic E-state index is -0.168. The molecule has 0 bridgehead atoms. The summed E-state index contributed by atoms with van der Waals surface area (Å²) in [5.41, 5.74) is 0.701. The van der Waals surface area contributed by atoms with Crippen molar-refractivity contribution in [3.05, 3.63) is 51.6 Å². The van der Waals surface area contributed by atoms with E-state index in [9.17, 15) is 4.39 Å². The lowest BCUT2D eigenvalue weighted by atomic mass is 10.1. The zero-order valence-electron chi connectivity index (χ0n) is 15.3. The molecular weight excluding hydrogens is 542 g/mol. The zero-order valence-corrected chi connectivity index (χ0v) is 20.0. The molecule has 8 heteroatoms. The average Bonchev–Trinajstić information content (AvgIpc) is 3.19. The van der Waals surface area contributed by atoms with Crippen molar-refractivity contribution in [2.45, 2.75) is 25.3 Å². The predicted octanol–water partition coefficient (Wildman–Crippen LogP) is 4.64. The van der Waals surface area contributed by atoms with E-state index in [2.05, 4.69) is 54.0 Å². The Morgan fingerprint density at radius 3 is 2.78 bits per heavy atom. The summed E-state index contributed by atoms with van der Waals surface area (Å²) in [5.74, 6) is 0.619. The monoisotopic (exact) mass is 566 g/mol. The third-order valence-corrected chi connectivity index (χ3v) is 5.99. The van der Waals surface area contributed by atoms with E-state index >= 15 is 0 Å². The second-order valence-corrected chi connectivity index (χ2v) is 8.18. The van der Waals surface area contributed by atoms with E-state index in [1.54, 1.807) is 24.5 Å². The van der Waals surface area contributed by atoms with Gasteiger partial charge in [-0.1, -0.05) is 15.9 Å². The van der Waals surface area contributed by atoms with Gasteiger partial charge in [0.2, 0.25) is 0 Å². The van der Waals surface area contributed by atoms with Crippen LogP contribution in [-0.4, -0.2) is 38.7 Å². The fourth-order valence-corrected chi connectivity index (χ4v) is 4.33. The maximum Gasteiger partial charge on any atom is 0.191 e. The molecule has 0 aliphatic carbocycles. The topological polar surface area (TPSA) is 39.7 Å². The van der Waals surface area contributed by atoms with Crippen molar-refractivity contribution in [1.82, 2.24) is 10.6 Å². The first-order valence-electron chi connectivity index (χ1n) is 8.85. The number of nitrogens with one attached hydrogen (secondary N) is 2. The highest BCUT2D eigenvalue weighted by Gasteiger charge is 2.20. The molecule has 1 saturated heterocycles. The number of guanidine groups is 1. The van der Waals surface area contributed by atoms with Crippen LogP contribution in [0.2, 0.25) is 0 Å². The summed E-state index contributed by atoms with van der Waals surface area (Å²) in [4.78, 5) is 6.74. The lowest BCUT2D eigenvalue weighted by Gasteiger charge is -2.33. The van der Waals surface area contributed by atoms with E-state index in [4.69, 9.17) is 0 Å². The average molecular weight is 567 g/mol. The molecular formula is C19H25BrFIN4S. The molecule has 1 fully saturated rings. The van der Waals surface area contributed by atoms with Gasteiger partial charge in [-0.25, -0.2) is 4.39 Å². The van der Waals surface area contributed by atoms with Gasteiger partial charge < -0.3 is 15.5 Å². The van der Waals surface area contributed by atoms with Crippen molar-refractivity contribution >= 4 is 62.2 Å². The molecule has 0 radical (unpaired) electrons. The van der Waals surface area contributed by atoms with Crippen LogP contribution in [0.25, 0.3) is 0 Å². The van der Waals surface area contributed by atoms with E-state index in [1.165, 1.54) is 11.1 Å². The fraction of sp³-hybridized carbons (Fsp3) is 0.421. The summed E-state index contributed by atoms with van der Waals surface area (Å²) >= 11 is 5.18. The molecule has 1 aromatic carbocycles. The van der Waals surface area contributed by atoms with Crippen LogP contribution in [-0.2, 0) is 6.42 Å². The summed E-state index contributed by atoms with van der Waals surface area (Å²) in [6.07, 6.45) is 2.78. The summed E-state index contributed by atoms with van der Waals surface area (Å²) < 4.78 is 14.7. The number of halogens is 3. The Morgan fingerprint density at radius 1 is 1.33 bits per heavy atom. The molecule has 1 aliphatic rings. The van der Waals surface area contributed by atoms with Crippen molar-refractivity contribution < 1.29 is 4.39 Å². The maximum absolute atomic E-state index is 13.8. The molecule has 2 N–H and O–H groups in total. The number of thiophene rings is 1. The first kappa shape index (κ1) is 22.4. The Balaban J connectivity index is 0.00000261. The quantitative estimate of drug-likeness (QED) is 0.314. The van der Waals surface area contributed by atoms with Crippen LogP contribution in [0, 0.1) is 5.82 Å². The highest BCUT2D eigenvalue weighted by molar-refractivity contribution is 14.0. The molecule has 1 aromatic heterocycles.